The molecule has 0 fully saturated rings. The molecular formula is C18H25N3O3. The molecule has 2 aromatic rings. The number of rotatable bonds is 7. The molecule has 6 heteroatoms. The number of nitrogens with zero attached hydrogens (tertiary/aromatic N) is 2. The van der Waals surface area contributed by atoms with E-state index in [1.165, 1.54) is 0 Å². The van der Waals surface area contributed by atoms with Crippen molar-refractivity contribution in [1.82, 2.24) is 15.1 Å². The largest absolute Gasteiger partial charge is 0.493 e. The highest BCUT2D eigenvalue weighted by Crippen LogP contribution is 2.27. The highest BCUT2D eigenvalue weighted by Gasteiger charge is 2.13. The van der Waals surface area contributed by atoms with Crippen LogP contribution < -0.4 is 14.8 Å². The molecule has 1 N–H and O–H groups in total. The molecule has 24 heavy (non-hydrogen) atoms. The normalized spacial score (nSPS) is 10.5. The molecule has 0 aliphatic rings. The van der Waals surface area contributed by atoms with E-state index in [9.17, 15) is 4.79 Å². The first-order valence-corrected chi connectivity index (χ1v) is 7.93. The van der Waals surface area contributed by atoms with Crippen molar-refractivity contribution < 1.29 is 14.3 Å². The molecule has 1 aromatic heterocycles. The second-order valence-electron chi connectivity index (χ2n) is 5.74. The van der Waals surface area contributed by atoms with E-state index in [2.05, 4.69) is 10.4 Å². The Morgan fingerprint density at radius 3 is 2.50 bits per heavy atom. The highest BCUT2D eigenvalue weighted by molar-refractivity contribution is 5.79. The Balaban J connectivity index is 1.89. The van der Waals surface area contributed by atoms with Crippen molar-refractivity contribution in [1.29, 1.82) is 0 Å². The van der Waals surface area contributed by atoms with Crippen molar-refractivity contribution in [3.05, 3.63) is 40.7 Å². The Morgan fingerprint density at radius 1 is 1.21 bits per heavy atom. The Kier molecular flexibility index (Phi) is 5.84. The summed E-state index contributed by atoms with van der Waals surface area (Å²) < 4.78 is 12.3. The number of aromatic nitrogens is 2. The molecule has 0 bridgehead atoms. The zero-order valence-electron chi connectivity index (χ0n) is 15.0. The highest BCUT2D eigenvalue weighted by atomic mass is 16.5. The molecule has 0 aliphatic heterocycles. The van der Waals surface area contributed by atoms with Crippen LogP contribution >= 0.6 is 0 Å². The Hall–Kier alpha value is -2.50. The van der Waals surface area contributed by atoms with Crippen LogP contribution in [-0.2, 0) is 24.7 Å². The zero-order valence-corrected chi connectivity index (χ0v) is 15.0. The molecule has 0 saturated carbocycles. The topological polar surface area (TPSA) is 65.4 Å². The Bertz CT molecular complexity index is 723. The lowest BCUT2D eigenvalue weighted by Gasteiger charge is -2.10. The number of aryl methyl sites for hydroxylation is 2. The van der Waals surface area contributed by atoms with E-state index in [0.717, 1.165) is 28.9 Å². The summed E-state index contributed by atoms with van der Waals surface area (Å²) in [5.74, 6) is 1.41. The maximum absolute atomic E-state index is 12.1. The third-order valence-corrected chi connectivity index (χ3v) is 4.18. The lowest BCUT2D eigenvalue weighted by molar-refractivity contribution is -0.120. The summed E-state index contributed by atoms with van der Waals surface area (Å²) in [5.41, 5.74) is 4.02. The van der Waals surface area contributed by atoms with Crippen LogP contribution in [0, 0.1) is 13.8 Å². The molecule has 0 atom stereocenters. The van der Waals surface area contributed by atoms with Crippen LogP contribution in [0.3, 0.4) is 0 Å². The van der Waals surface area contributed by atoms with Crippen LogP contribution in [0.2, 0.25) is 0 Å². The number of hydrogen-bond donors (Lipinski definition) is 1. The fourth-order valence-corrected chi connectivity index (χ4v) is 2.68. The Labute approximate surface area is 142 Å². The number of carbonyl (C=O) groups is 1. The molecule has 6 nitrogen and oxygen atoms in total. The van der Waals surface area contributed by atoms with E-state index in [4.69, 9.17) is 9.47 Å². The Morgan fingerprint density at radius 2 is 1.92 bits per heavy atom. The van der Waals surface area contributed by atoms with Gasteiger partial charge in [-0.15, -0.1) is 0 Å². The summed E-state index contributed by atoms with van der Waals surface area (Å²) in [4.78, 5) is 12.1. The van der Waals surface area contributed by atoms with Crippen molar-refractivity contribution in [2.24, 2.45) is 7.05 Å². The fourth-order valence-electron chi connectivity index (χ4n) is 2.68. The first kappa shape index (κ1) is 17.8. The lowest BCUT2D eigenvalue weighted by atomic mass is 10.1. The number of amides is 1. The van der Waals surface area contributed by atoms with Gasteiger partial charge in [-0.3, -0.25) is 9.48 Å². The molecule has 130 valence electrons. The van der Waals surface area contributed by atoms with E-state index in [0.29, 0.717) is 24.5 Å². The first-order valence-electron chi connectivity index (χ1n) is 7.93. The van der Waals surface area contributed by atoms with Gasteiger partial charge in [-0.2, -0.15) is 5.10 Å². The maximum atomic E-state index is 12.1. The van der Waals surface area contributed by atoms with Gasteiger partial charge in [-0.25, -0.2) is 0 Å². The molecule has 0 saturated heterocycles. The molecule has 1 heterocycles. The number of methoxy groups -OCH3 is 2. The summed E-state index contributed by atoms with van der Waals surface area (Å²) in [6.07, 6.45) is 1.09. The van der Waals surface area contributed by atoms with Gasteiger partial charge >= 0.3 is 0 Å². The van der Waals surface area contributed by atoms with Crippen LogP contribution in [-0.4, -0.2) is 36.5 Å². The monoisotopic (exact) mass is 331 g/mol. The van der Waals surface area contributed by atoms with Gasteiger partial charge < -0.3 is 14.8 Å². The van der Waals surface area contributed by atoms with E-state index < -0.39 is 0 Å². The zero-order chi connectivity index (χ0) is 17.7. The molecule has 1 aromatic carbocycles. The van der Waals surface area contributed by atoms with Gasteiger partial charge in [0.05, 0.1) is 26.3 Å². The average Bonchev–Trinajstić information content (AvgIpc) is 2.81. The number of ether oxygens (including phenoxy) is 2. The number of hydrogen-bond acceptors (Lipinski definition) is 4. The number of benzene rings is 1. The summed E-state index contributed by atoms with van der Waals surface area (Å²) in [6, 6.07) is 5.78. The van der Waals surface area contributed by atoms with E-state index >= 15 is 0 Å². The van der Waals surface area contributed by atoms with E-state index in [1.807, 2.05) is 43.8 Å². The third kappa shape index (κ3) is 4.07. The molecule has 0 radical (unpaired) electrons. The van der Waals surface area contributed by atoms with Gasteiger partial charge in [0, 0.05) is 24.8 Å². The second-order valence-corrected chi connectivity index (χ2v) is 5.74. The van der Waals surface area contributed by atoms with Crippen LogP contribution in [0.15, 0.2) is 18.2 Å². The van der Waals surface area contributed by atoms with Crippen molar-refractivity contribution in [3.63, 3.8) is 0 Å². The summed E-state index contributed by atoms with van der Waals surface area (Å²) >= 11 is 0. The van der Waals surface area contributed by atoms with Crippen LogP contribution in [0.4, 0.5) is 0 Å². The minimum atomic E-state index is 0.00896. The standard InChI is InChI=1S/C18H25N3O3/c1-12-15(13(2)21(3)20-12)11-18(22)19-9-8-14-6-7-16(23-4)17(10-14)24-5/h6-7,10H,8-9,11H2,1-5H3,(H,19,22). The molecule has 0 aliphatic carbocycles. The number of carbonyl (C=O) groups excluding carboxylic acids is 1. The van der Waals surface area contributed by atoms with Crippen LogP contribution in [0.25, 0.3) is 0 Å². The maximum Gasteiger partial charge on any atom is 0.224 e. The summed E-state index contributed by atoms with van der Waals surface area (Å²) in [5, 5.41) is 7.30. The SMILES string of the molecule is COc1ccc(CCNC(=O)Cc2c(C)nn(C)c2C)cc1OC. The molecule has 0 unspecified atom stereocenters. The first-order chi connectivity index (χ1) is 11.5. The number of nitrogens with one attached hydrogen (secondary N) is 1. The smallest absolute Gasteiger partial charge is 0.224 e. The van der Waals surface area contributed by atoms with Crippen molar-refractivity contribution in [2.75, 3.05) is 20.8 Å². The quantitative estimate of drug-likeness (QED) is 0.842. The van der Waals surface area contributed by atoms with Crippen molar-refractivity contribution >= 4 is 5.91 Å². The third-order valence-electron chi connectivity index (χ3n) is 4.18. The van der Waals surface area contributed by atoms with Gasteiger partial charge in [0.1, 0.15) is 0 Å². The van der Waals surface area contributed by atoms with Crippen molar-refractivity contribution in [3.8, 4) is 11.5 Å². The minimum absolute atomic E-state index is 0.00896. The van der Waals surface area contributed by atoms with Gasteiger partial charge in [0.2, 0.25) is 5.91 Å². The van der Waals surface area contributed by atoms with Crippen LogP contribution in [0.1, 0.15) is 22.5 Å². The lowest BCUT2D eigenvalue weighted by Crippen LogP contribution is -2.27. The van der Waals surface area contributed by atoms with Crippen molar-refractivity contribution in [2.45, 2.75) is 26.7 Å². The van der Waals surface area contributed by atoms with Gasteiger partial charge in [0.25, 0.3) is 0 Å². The molecule has 1 amide bonds. The predicted molar refractivity (Wildman–Crippen MR) is 92.6 cm³/mol. The summed E-state index contributed by atoms with van der Waals surface area (Å²) in [7, 11) is 5.11. The predicted octanol–water partition coefficient (Wildman–Crippen LogP) is 1.96. The molecular weight excluding hydrogens is 306 g/mol. The van der Waals surface area contributed by atoms with Gasteiger partial charge in [-0.1, -0.05) is 6.07 Å². The summed E-state index contributed by atoms with van der Waals surface area (Å²) in [6.45, 7) is 4.48. The van der Waals surface area contributed by atoms with Gasteiger partial charge in [-0.05, 0) is 38.0 Å². The van der Waals surface area contributed by atoms with E-state index in [1.54, 1.807) is 14.2 Å². The molecule has 0 spiro atoms. The van der Waals surface area contributed by atoms with E-state index in [-0.39, 0.29) is 5.91 Å². The average molecular weight is 331 g/mol. The second kappa shape index (κ2) is 7.86. The fraction of sp³-hybridized carbons (Fsp3) is 0.444. The molecule has 2 rings (SSSR count). The van der Waals surface area contributed by atoms with Crippen LogP contribution in [0.5, 0.6) is 11.5 Å². The minimum Gasteiger partial charge on any atom is -0.493 e. The van der Waals surface area contributed by atoms with Gasteiger partial charge in [0.15, 0.2) is 11.5 Å².